The van der Waals surface area contributed by atoms with Crippen LogP contribution in [0.3, 0.4) is 0 Å². The first-order chi connectivity index (χ1) is 23.5. The maximum absolute atomic E-state index is 11.3. The Morgan fingerprint density at radius 3 is 1.60 bits per heavy atom. The molecule has 3 heterocycles. The van der Waals surface area contributed by atoms with E-state index in [0.717, 1.165) is 12.8 Å². The maximum Gasteiger partial charge on any atom is 0.187 e. The van der Waals surface area contributed by atoms with Gasteiger partial charge in [0.1, 0.15) is 73.2 Å². The predicted octanol–water partition coefficient (Wildman–Crippen LogP) is -2.76. The Labute approximate surface area is 294 Å². The molecule has 0 bridgehead atoms. The molecule has 10 N–H and O–H groups in total. The van der Waals surface area contributed by atoms with Gasteiger partial charge in [-0.2, -0.15) is 0 Å². The Balaban J connectivity index is 1.70. The lowest BCUT2D eigenvalue weighted by molar-refractivity contribution is -0.381. The van der Waals surface area contributed by atoms with E-state index < -0.39 is 114 Å². The number of hydrogen-bond acceptors (Lipinski definition) is 18. The van der Waals surface area contributed by atoms with Gasteiger partial charge in [-0.1, -0.05) is 27.7 Å². The monoisotopic (exact) mass is 750 g/mol. The minimum absolute atomic E-state index is 0.106. The first-order valence-corrected chi connectivity index (χ1v) is 17.8. The predicted molar refractivity (Wildman–Crippen MR) is 172 cm³/mol. The lowest BCUT2D eigenvalue weighted by atomic mass is 9.72. The van der Waals surface area contributed by atoms with Crippen molar-refractivity contribution in [2.75, 3.05) is 39.6 Å². The molecule has 3 aliphatic heterocycles. The van der Waals surface area contributed by atoms with Crippen LogP contribution in [0.15, 0.2) is 0 Å². The van der Waals surface area contributed by atoms with Crippen LogP contribution in [-0.4, -0.2) is 183 Å². The Morgan fingerprint density at radius 1 is 0.600 bits per heavy atom. The van der Waals surface area contributed by atoms with Crippen molar-refractivity contribution < 1.29 is 88.5 Å². The Morgan fingerprint density at radius 2 is 1.08 bits per heavy atom. The Kier molecular flexibility index (Phi) is 17.5. The lowest BCUT2D eigenvalue weighted by Gasteiger charge is -2.48. The highest BCUT2D eigenvalue weighted by molar-refractivity contribution is 7.24. The normalized spacial score (nSPS) is 40.5. The van der Waals surface area contributed by atoms with Crippen molar-refractivity contribution in [3.05, 3.63) is 0 Å². The van der Waals surface area contributed by atoms with Crippen LogP contribution < -0.4 is 0 Å². The van der Waals surface area contributed by atoms with Gasteiger partial charge in [-0.3, -0.25) is 0 Å². The summed E-state index contributed by atoms with van der Waals surface area (Å²) in [6, 6.07) is 0. The number of aliphatic hydroxyl groups is 9. The molecule has 0 spiro atoms. The number of aliphatic hydroxyl groups excluding tert-OH is 9. The molecule has 0 radical (unpaired) electrons. The smallest absolute Gasteiger partial charge is 0.187 e. The maximum atomic E-state index is 11.3. The highest BCUT2D eigenvalue weighted by Gasteiger charge is 2.54. The Bertz CT molecular complexity index is 980. The van der Waals surface area contributed by atoms with Gasteiger partial charge in [-0.25, -0.2) is 0 Å². The summed E-state index contributed by atoms with van der Waals surface area (Å²) >= 11 is 0. The van der Waals surface area contributed by atoms with Crippen LogP contribution in [-0.2, 0) is 37.7 Å². The highest BCUT2D eigenvalue weighted by Crippen LogP contribution is 2.39. The molecule has 3 fully saturated rings. The van der Waals surface area contributed by atoms with Crippen molar-refractivity contribution in [1.82, 2.24) is 0 Å². The zero-order valence-electron chi connectivity index (χ0n) is 29.3. The summed E-state index contributed by atoms with van der Waals surface area (Å²) in [7, 11) is -0.570. The van der Waals surface area contributed by atoms with Crippen LogP contribution in [0.5, 0.6) is 0 Å². The van der Waals surface area contributed by atoms with Crippen molar-refractivity contribution in [1.29, 1.82) is 0 Å². The molecule has 3 aliphatic rings. The summed E-state index contributed by atoms with van der Waals surface area (Å²) in [5.74, 6) is 0. The molecule has 50 heavy (non-hydrogen) atoms. The van der Waals surface area contributed by atoms with E-state index in [2.05, 4.69) is 27.7 Å². The van der Waals surface area contributed by atoms with Gasteiger partial charge in [0.15, 0.2) is 27.9 Å². The first-order valence-electron chi connectivity index (χ1n) is 17.0. The van der Waals surface area contributed by atoms with E-state index >= 15 is 0 Å². The largest absolute Gasteiger partial charge is 0.394 e. The average Bonchev–Trinajstić information content (AvgIpc) is 3.05. The Hall–Kier alpha value is -0.290. The van der Waals surface area contributed by atoms with Gasteiger partial charge < -0.3 is 88.5 Å². The van der Waals surface area contributed by atoms with Gasteiger partial charge in [0.05, 0.1) is 33.0 Å². The molecule has 0 aliphatic carbocycles. The fraction of sp³-hybridized carbons (Fsp3) is 1.00. The number of hydrogen-bond donors (Lipinski definition) is 10. The first kappa shape index (κ1) is 44.1. The van der Waals surface area contributed by atoms with Crippen molar-refractivity contribution in [3.8, 4) is 0 Å². The second-order valence-electron chi connectivity index (χ2n) is 14.6. The van der Waals surface area contributed by atoms with Gasteiger partial charge >= 0.3 is 0 Å². The van der Waals surface area contributed by atoms with Crippen molar-refractivity contribution in [3.63, 3.8) is 0 Å². The zero-order chi connectivity index (χ0) is 37.4. The summed E-state index contributed by atoms with van der Waals surface area (Å²) in [6.07, 6.45) is -21.9. The molecule has 3 rings (SSSR count). The van der Waals surface area contributed by atoms with E-state index in [1.54, 1.807) is 6.92 Å². The van der Waals surface area contributed by atoms with Crippen molar-refractivity contribution in [2.45, 2.75) is 146 Å². The standard InChI is InChI=1S/C31H59O18P/c1-6-42-13-17-18(34)21(37)22(38)28(47-17)48-26-20(36)16(12-33)46-29(24(26)40)49-25-19(35)15(11-32)45-27(23(25)39)43-9-7-30(2,3)14-31(4,5)8-10-44-50-41/h15-29,32-41,50H,6-14H2,1-5H3. The fourth-order valence-corrected chi connectivity index (χ4v) is 6.88. The molecule has 296 valence electrons. The second kappa shape index (κ2) is 19.9. The number of ether oxygens (including phenoxy) is 7. The minimum atomic E-state index is -1.89. The van der Waals surface area contributed by atoms with E-state index in [9.17, 15) is 46.0 Å². The molecular weight excluding hydrogens is 691 g/mol. The molecule has 0 saturated carbocycles. The van der Waals surface area contributed by atoms with Gasteiger partial charge in [0, 0.05) is 6.61 Å². The SMILES string of the molecule is CCOCC1OC(OC2C(O)C(CO)OC(OC3C(O)C(CO)OC(OCCC(C)(C)CC(C)(C)CCOPO)C3O)C2O)C(O)C(O)C1O. The third kappa shape index (κ3) is 11.6. The third-order valence-electron chi connectivity index (χ3n) is 9.34. The minimum Gasteiger partial charge on any atom is -0.394 e. The van der Waals surface area contributed by atoms with Crippen LogP contribution in [0, 0.1) is 10.8 Å². The zero-order valence-corrected chi connectivity index (χ0v) is 30.3. The van der Waals surface area contributed by atoms with Gasteiger partial charge in [0.2, 0.25) is 0 Å². The van der Waals surface area contributed by atoms with E-state index in [4.69, 9.17) is 42.6 Å². The molecule has 3 saturated heterocycles. The third-order valence-corrected chi connectivity index (χ3v) is 9.68. The molecule has 19 heteroatoms. The van der Waals surface area contributed by atoms with Crippen molar-refractivity contribution >= 4 is 9.03 Å². The van der Waals surface area contributed by atoms with E-state index in [1.807, 2.05) is 0 Å². The molecule has 0 amide bonds. The van der Waals surface area contributed by atoms with Gasteiger partial charge in [0.25, 0.3) is 0 Å². The van der Waals surface area contributed by atoms with E-state index in [-0.39, 0.29) is 30.7 Å². The molecule has 0 aromatic rings. The van der Waals surface area contributed by atoms with E-state index in [0.29, 0.717) is 13.0 Å². The summed E-state index contributed by atoms with van der Waals surface area (Å²) in [5, 5.41) is 95.5. The summed E-state index contributed by atoms with van der Waals surface area (Å²) in [5.41, 5.74) is -0.330. The molecule has 16 atom stereocenters. The summed E-state index contributed by atoms with van der Waals surface area (Å²) < 4.78 is 44.6. The quantitative estimate of drug-likeness (QED) is 0.0473. The molecule has 0 aromatic heterocycles. The number of rotatable bonds is 19. The molecule has 0 aromatic carbocycles. The van der Waals surface area contributed by atoms with Crippen LogP contribution in [0.1, 0.15) is 53.9 Å². The fourth-order valence-electron chi connectivity index (χ4n) is 6.68. The van der Waals surface area contributed by atoms with Crippen molar-refractivity contribution in [2.24, 2.45) is 10.8 Å². The van der Waals surface area contributed by atoms with Gasteiger partial charge in [-0.05, 0) is 37.0 Å². The van der Waals surface area contributed by atoms with Crippen LogP contribution in [0.25, 0.3) is 0 Å². The molecule has 18 nitrogen and oxygen atoms in total. The van der Waals surface area contributed by atoms with Gasteiger partial charge in [-0.15, -0.1) is 0 Å². The van der Waals surface area contributed by atoms with Crippen LogP contribution in [0.4, 0.5) is 0 Å². The highest BCUT2D eigenvalue weighted by atomic mass is 31.1. The molecular formula is C31H59O18P. The molecule has 16 unspecified atom stereocenters. The second-order valence-corrected chi connectivity index (χ2v) is 15.1. The van der Waals surface area contributed by atoms with Crippen LogP contribution >= 0.6 is 9.03 Å². The lowest BCUT2D eigenvalue weighted by Crippen LogP contribution is -2.67. The summed E-state index contributed by atoms with van der Waals surface area (Å²) in [4.78, 5) is 8.93. The topological polar surface area (TPSA) is 276 Å². The van der Waals surface area contributed by atoms with Crippen LogP contribution in [0.2, 0.25) is 0 Å². The van der Waals surface area contributed by atoms with E-state index in [1.165, 1.54) is 0 Å². The summed E-state index contributed by atoms with van der Waals surface area (Å²) in [6.45, 7) is 9.16. The average molecular weight is 751 g/mol.